The molecule has 0 atom stereocenters. The van der Waals surface area contributed by atoms with E-state index in [2.05, 4.69) is 10.3 Å². The maximum atomic E-state index is 13.3. The van der Waals surface area contributed by atoms with E-state index in [-0.39, 0.29) is 22.2 Å². The number of ketones is 1. The standard InChI is InChI=1S/C25H18F3N3O3/c1-15-11-12-17-23(34)18(22(33)16-7-3-2-4-8-16)13-31(24(17)29-15)14-21(32)30-20-10-6-5-9-19(20)25(26,27)28/h2-13H,14H2,1H3,(H,30,32). The number of aromatic nitrogens is 2. The third-order valence-electron chi connectivity index (χ3n) is 5.16. The first-order valence-electron chi connectivity index (χ1n) is 10.2. The second kappa shape index (κ2) is 8.93. The Morgan fingerprint density at radius 1 is 0.971 bits per heavy atom. The van der Waals surface area contributed by atoms with Gasteiger partial charge in [-0.25, -0.2) is 4.98 Å². The molecule has 0 radical (unpaired) electrons. The minimum absolute atomic E-state index is 0.121. The van der Waals surface area contributed by atoms with Gasteiger partial charge in [0.1, 0.15) is 12.2 Å². The number of amides is 1. The van der Waals surface area contributed by atoms with Crippen LogP contribution in [0.1, 0.15) is 27.2 Å². The van der Waals surface area contributed by atoms with Gasteiger partial charge in [0.2, 0.25) is 11.3 Å². The van der Waals surface area contributed by atoms with Gasteiger partial charge in [0.25, 0.3) is 0 Å². The third-order valence-corrected chi connectivity index (χ3v) is 5.16. The first kappa shape index (κ1) is 22.9. The van der Waals surface area contributed by atoms with Gasteiger partial charge in [-0.05, 0) is 31.2 Å². The monoisotopic (exact) mass is 465 g/mol. The molecule has 0 saturated heterocycles. The molecule has 0 unspecified atom stereocenters. The average Bonchev–Trinajstić information content (AvgIpc) is 2.80. The molecule has 34 heavy (non-hydrogen) atoms. The zero-order valence-corrected chi connectivity index (χ0v) is 17.9. The summed E-state index contributed by atoms with van der Waals surface area (Å²) in [5.74, 6) is -1.31. The van der Waals surface area contributed by atoms with Crippen molar-refractivity contribution in [3.05, 3.63) is 106 Å². The first-order chi connectivity index (χ1) is 16.1. The van der Waals surface area contributed by atoms with Crippen LogP contribution in [0.25, 0.3) is 11.0 Å². The quantitative estimate of drug-likeness (QED) is 0.437. The molecule has 4 rings (SSSR count). The Morgan fingerprint density at radius 3 is 2.35 bits per heavy atom. The summed E-state index contributed by atoms with van der Waals surface area (Å²) < 4.78 is 41.2. The predicted octanol–water partition coefficient (Wildman–Crippen LogP) is 4.59. The minimum Gasteiger partial charge on any atom is -0.324 e. The lowest BCUT2D eigenvalue weighted by atomic mass is 10.0. The van der Waals surface area contributed by atoms with Gasteiger partial charge < -0.3 is 9.88 Å². The Bertz CT molecular complexity index is 1460. The molecule has 0 bridgehead atoms. The number of carbonyl (C=O) groups excluding carboxylic acids is 2. The Morgan fingerprint density at radius 2 is 1.65 bits per heavy atom. The summed E-state index contributed by atoms with van der Waals surface area (Å²) in [7, 11) is 0. The summed E-state index contributed by atoms with van der Waals surface area (Å²) in [5, 5.41) is 2.39. The number of nitrogens with one attached hydrogen (secondary N) is 1. The van der Waals surface area contributed by atoms with Crippen molar-refractivity contribution in [3.8, 4) is 0 Å². The second-order valence-corrected chi connectivity index (χ2v) is 7.61. The number of halogens is 3. The number of benzene rings is 2. The Kier molecular flexibility index (Phi) is 6.02. The van der Waals surface area contributed by atoms with Crippen LogP contribution >= 0.6 is 0 Å². The molecule has 0 aliphatic carbocycles. The highest BCUT2D eigenvalue weighted by molar-refractivity contribution is 6.10. The lowest BCUT2D eigenvalue weighted by molar-refractivity contribution is -0.137. The Labute approximate surface area is 191 Å². The van der Waals surface area contributed by atoms with E-state index in [4.69, 9.17) is 0 Å². The Balaban J connectivity index is 1.76. The van der Waals surface area contributed by atoms with Gasteiger partial charge >= 0.3 is 6.18 Å². The van der Waals surface area contributed by atoms with E-state index in [1.54, 1.807) is 43.3 Å². The topological polar surface area (TPSA) is 81.1 Å². The van der Waals surface area contributed by atoms with Gasteiger partial charge in [0.15, 0.2) is 5.78 Å². The molecular formula is C25H18F3N3O3. The molecule has 4 aromatic rings. The smallest absolute Gasteiger partial charge is 0.324 e. The first-order valence-corrected chi connectivity index (χ1v) is 10.2. The summed E-state index contributed by atoms with van der Waals surface area (Å²) in [6, 6.07) is 15.9. The van der Waals surface area contributed by atoms with E-state index in [0.717, 1.165) is 12.1 Å². The molecule has 6 nitrogen and oxygen atoms in total. The van der Waals surface area contributed by atoms with E-state index in [9.17, 15) is 27.6 Å². The van der Waals surface area contributed by atoms with Crippen molar-refractivity contribution in [1.29, 1.82) is 0 Å². The van der Waals surface area contributed by atoms with E-state index in [0.29, 0.717) is 5.69 Å². The molecule has 2 aromatic carbocycles. The van der Waals surface area contributed by atoms with Crippen molar-refractivity contribution < 1.29 is 22.8 Å². The van der Waals surface area contributed by atoms with Gasteiger partial charge in [0, 0.05) is 17.5 Å². The second-order valence-electron chi connectivity index (χ2n) is 7.61. The van der Waals surface area contributed by atoms with Crippen LogP contribution in [0.3, 0.4) is 0 Å². The summed E-state index contributed by atoms with van der Waals surface area (Å²) in [6.07, 6.45) is -3.43. The molecule has 1 N–H and O–H groups in total. The molecule has 2 heterocycles. The van der Waals surface area contributed by atoms with Crippen molar-refractivity contribution in [3.63, 3.8) is 0 Å². The normalized spacial score (nSPS) is 11.4. The molecule has 9 heteroatoms. The van der Waals surface area contributed by atoms with Crippen molar-refractivity contribution >= 4 is 28.4 Å². The lowest BCUT2D eigenvalue weighted by Crippen LogP contribution is -2.25. The number of pyridine rings is 2. The van der Waals surface area contributed by atoms with Crippen LogP contribution < -0.4 is 10.7 Å². The molecule has 0 saturated carbocycles. The number of carbonyl (C=O) groups is 2. The van der Waals surface area contributed by atoms with Crippen LogP contribution in [0.4, 0.5) is 18.9 Å². The average molecular weight is 465 g/mol. The fourth-order valence-electron chi connectivity index (χ4n) is 3.57. The molecule has 0 spiro atoms. The predicted molar refractivity (Wildman–Crippen MR) is 121 cm³/mol. The summed E-state index contributed by atoms with van der Waals surface area (Å²) in [6.45, 7) is 1.23. The lowest BCUT2D eigenvalue weighted by Gasteiger charge is -2.15. The fraction of sp³-hybridized carbons (Fsp3) is 0.120. The number of hydrogen-bond donors (Lipinski definition) is 1. The van der Waals surface area contributed by atoms with Crippen LogP contribution in [0.2, 0.25) is 0 Å². The van der Waals surface area contributed by atoms with Crippen molar-refractivity contribution in [2.75, 3.05) is 5.32 Å². The number of para-hydroxylation sites is 1. The molecule has 0 aliphatic heterocycles. The van der Waals surface area contributed by atoms with Crippen molar-refractivity contribution in [1.82, 2.24) is 9.55 Å². The number of nitrogens with zero attached hydrogens (tertiary/aromatic N) is 2. The van der Waals surface area contributed by atoms with Crippen LogP contribution in [0.15, 0.2) is 77.7 Å². The summed E-state index contributed by atoms with van der Waals surface area (Å²) in [5.41, 5.74) is -1.10. The number of fused-ring (bicyclic) bond motifs is 1. The molecule has 0 fully saturated rings. The van der Waals surface area contributed by atoms with Crippen LogP contribution in [0.5, 0.6) is 0 Å². The maximum Gasteiger partial charge on any atom is 0.418 e. The van der Waals surface area contributed by atoms with E-state index < -0.39 is 41.1 Å². The Hall–Kier alpha value is -4.27. The third kappa shape index (κ3) is 4.59. The number of rotatable bonds is 5. The fourth-order valence-corrected chi connectivity index (χ4v) is 3.57. The number of alkyl halides is 3. The van der Waals surface area contributed by atoms with Crippen LogP contribution in [0, 0.1) is 6.92 Å². The van der Waals surface area contributed by atoms with E-state index in [1.165, 1.54) is 29.0 Å². The molecule has 2 aromatic heterocycles. The SMILES string of the molecule is Cc1ccc2c(=O)c(C(=O)c3ccccc3)cn(CC(=O)Nc3ccccc3C(F)(F)F)c2n1. The van der Waals surface area contributed by atoms with E-state index in [1.807, 2.05) is 0 Å². The van der Waals surface area contributed by atoms with Crippen molar-refractivity contribution in [2.24, 2.45) is 0 Å². The molecule has 172 valence electrons. The number of anilines is 1. The molecular weight excluding hydrogens is 447 g/mol. The summed E-state index contributed by atoms with van der Waals surface area (Å²) in [4.78, 5) is 43.1. The number of hydrogen-bond acceptors (Lipinski definition) is 4. The largest absolute Gasteiger partial charge is 0.418 e. The van der Waals surface area contributed by atoms with E-state index >= 15 is 0 Å². The van der Waals surface area contributed by atoms with Gasteiger partial charge in [-0.2, -0.15) is 13.2 Å². The highest BCUT2D eigenvalue weighted by atomic mass is 19.4. The van der Waals surface area contributed by atoms with Gasteiger partial charge in [-0.3, -0.25) is 14.4 Å². The minimum atomic E-state index is -4.65. The van der Waals surface area contributed by atoms with Crippen LogP contribution in [-0.4, -0.2) is 21.2 Å². The highest BCUT2D eigenvalue weighted by Crippen LogP contribution is 2.34. The van der Waals surface area contributed by atoms with Crippen LogP contribution in [-0.2, 0) is 17.5 Å². The number of aryl methyl sites for hydroxylation is 1. The molecule has 1 amide bonds. The highest BCUT2D eigenvalue weighted by Gasteiger charge is 2.33. The van der Waals surface area contributed by atoms with Gasteiger partial charge in [-0.15, -0.1) is 0 Å². The maximum absolute atomic E-state index is 13.3. The van der Waals surface area contributed by atoms with Crippen molar-refractivity contribution in [2.45, 2.75) is 19.6 Å². The molecule has 0 aliphatic rings. The van der Waals surface area contributed by atoms with Gasteiger partial charge in [0.05, 0.1) is 22.2 Å². The summed E-state index contributed by atoms with van der Waals surface area (Å²) >= 11 is 0. The van der Waals surface area contributed by atoms with Gasteiger partial charge in [-0.1, -0.05) is 42.5 Å². The zero-order valence-electron chi connectivity index (χ0n) is 17.9. The zero-order chi connectivity index (χ0) is 24.5.